The maximum absolute atomic E-state index is 14.3. The predicted octanol–water partition coefficient (Wildman–Crippen LogP) is 4.18. The van der Waals surface area contributed by atoms with Gasteiger partial charge in [-0.1, -0.05) is 15.9 Å². The van der Waals surface area contributed by atoms with Gasteiger partial charge in [0.1, 0.15) is 17.2 Å². The van der Waals surface area contributed by atoms with E-state index in [-0.39, 0.29) is 34.6 Å². The Hall–Kier alpha value is -2.78. The van der Waals surface area contributed by atoms with Gasteiger partial charge >= 0.3 is 0 Å². The summed E-state index contributed by atoms with van der Waals surface area (Å²) in [4.78, 5) is 29.4. The fourth-order valence-corrected chi connectivity index (χ4v) is 3.93. The number of nitrogens with one attached hydrogen (secondary N) is 2. The van der Waals surface area contributed by atoms with Crippen molar-refractivity contribution in [1.82, 2.24) is 14.7 Å². The second kappa shape index (κ2) is 8.39. The molecular weight excluding hydrogens is 467 g/mol. The minimum atomic E-state index is -0.637. The van der Waals surface area contributed by atoms with Crippen molar-refractivity contribution in [3.63, 3.8) is 0 Å². The lowest BCUT2D eigenvalue weighted by Gasteiger charge is -2.19. The van der Waals surface area contributed by atoms with E-state index in [1.807, 2.05) is 13.8 Å². The average molecular weight is 489 g/mol. The van der Waals surface area contributed by atoms with E-state index in [4.69, 9.17) is 4.74 Å². The number of amides is 2. The van der Waals surface area contributed by atoms with Gasteiger partial charge in [-0.25, -0.2) is 9.37 Å². The maximum atomic E-state index is 14.3. The van der Waals surface area contributed by atoms with Crippen LogP contribution in [0.4, 0.5) is 10.1 Å². The first-order chi connectivity index (χ1) is 14.7. The molecule has 3 heterocycles. The molecule has 9 heteroatoms. The smallest absolute Gasteiger partial charge is 0.274 e. The van der Waals surface area contributed by atoms with E-state index in [1.165, 1.54) is 18.3 Å². The Kier molecular flexibility index (Phi) is 5.81. The first-order valence-electron chi connectivity index (χ1n) is 9.91. The molecule has 0 spiro atoms. The van der Waals surface area contributed by atoms with Crippen LogP contribution in [-0.4, -0.2) is 39.4 Å². The number of benzene rings is 1. The summed E-state index contributed by atoms with van der Waals surface area (Å²) < 4.78 is 22.6. The van der Waals surface area contributed by atoms with Gasteiger partial charge in [0, 0.05) is 22.8 Å². The highest BCUT2D eigenvalue weighted by molar-refractivity contribution is 9.10. The van der Waals surface area contributed by atoms with E-state index < -0.39 is 11.7 Å². The Balaban J connectivity index is 1.46. The summed E-state index contributed by atoms with van der Waals surface area (Å²) in [5.74, 6) is -1.53. The lowest BCUT2D eigenvalue weighted by molar-refractivity contribution is -0.0138. The predicted molar refractivity (Wildman–Crippen MR) is 118 cm³/mol. The van der Waals surface area contributed by atoms with Gasteiger partial charge < -0.3 is 15.4 Å². The number of nitrogens with zero attached hydrogens (tertiary/aromatic N) is 2. The Morgan fingerprint density at radius 3 is 2.84 bits per heavy atom. The fourth-order valence-electron chi connectivity index (χ4n) is 3.60. The van der Waals surface area contributed by atoms with Crippen molar-refractivity contribution >= 4 is 39.1 Å². The van der Waals surface area contributed by atoms with E-state index in [2.05, 4.69) is 31.5 Å². The van der Waals surface area contributed by atoms with E-state index in [1.54, 1.807) is 22.7 Å². The number of hydrogen-bond donors (Lipinski definition) is 2. The zero-order valence-corrected chi connectivity index (χ0v) is 18.7. The van der Waals surface area contributed by atoms with Crippen LogP contribution in [0, 0.1) is 5.82 Å². The minimum absolute atomic E-state index is 0.0474. The molecule has 162 valence electrons. The summed E-state index contributed by atoms with van der Waals surface area (Å²) in [6, 6.07) is 7.39. The molecule has 1 unspecified atom stereocenters. The molecule has 1 aliphatic heterocycles. The zero-order valence-electron chi connectivity index (χ0n) is 17.1. The Morgan fingerprint density at radius 1 is 1.29 bits per heavy atom. The third-order valence-electron chi connectivity index (χ3n) is 5.23. The van der Waals surface area contributed by atoms with Gasteiger partial charge in [-0.05, 0) is 57.0 Å². The molecule has 0 radical (unpaired) electrons. The molecule has 2 aromatic heterocycles. The van der Waals surface area contributed by atoms with Gasteiger partial charge in [0.15, 0.2) is 0 Å². The minimum Gasteiger partial charge on any atom is -0.371 e. The van der Waals surface area contributed by atoms with Gasteiger partial charge in [0.05, 0.1) is 23.6 Å². The number of ether oxygens (including phenoxy) is 1. The van der Waals surface area contributed by atoms with Gasteiger partial charge in [0.25, 0.3) is 11.8 Å². The second-order valence-corrected chi connectivity index (χ2v) is 9.03. The van der Waals surface area contributed by atoms with Crippen molar-refractivity contribution in [2.45, 2.75) is 38.4 Å². The summed E-state index contributed by atoms with van der Waals surface area (Å²) in [7, 11) is 0. The van der Waals surface area contributed by atoms with Crippen LogP contribution in [0.1, 0.15) is 47.5 Å². The van der Waals surface area contributed by atoms with Gasteiger partial charge in [0.2, 0.25) is 0 Å². The maximum Gasteiger partial charge on any atom is 0.274 e. The summed E-state index contributed by atoms with van der Waals surface area (Å²) in [6.07, 6.45) is 4.85. The van der Waals surface area contributed by atoms with E-state index in [0.29, 0.717) is 12.2 Å². The third kappa shape index (κ3) is 4.77. The molecule has 31 heavy (non-hydrogen) atoms. The molecule has 2 N–H and O–H groups in total. The Morgan fingerprint density at radius 2 is 2.10 bits per heavy atom. The number of anilines is 1. The molecule has 1 aromatic carbocycles. The number of aromatic nitrogens is 2. The van der Waals surface area contributed by atoms with Crippen LogP contribution >= 0.6 is 15.9 Å². The number of carbonyl (C=O) groups is 2. The largest absolute Gasteiger partial charge is 0.371 e. The quantitative estimate of drug-likeness (QED) is 0.564. The first-order valence-corrected chi connectivity index (χ1v) is 10.7. The Bertz CT molecular complexity index is 1160. The van der Waals surface area contributed by atoms with E-state index in [9.17, 15) is 14.0 Å². The number of hydrogen-bond acceptors (Lipinski definition) is 4. The summed E-state index contributed by atoms with van der Waals surface area (Å²) in [5, 5.41) is 5.35. The van der Waals surface area contributed by atoms with Crippen LogP contribution < -0.4 is 10.6 Å². The normalized spacial score (nSPS) is 17.6. The molecule has 1 fully saturated rings. The van der Waals surface area contributed by atoms with Gasteiger partial charge in [-0.2, -0.15) is 0 Å². The van der Waals surface area contributed by atoms with Crippen molar-refractivity contribution in [2.75, 3.05) is 11.9 Å². The molecule has 7 nitrogen and oxygen atoms in total. The van der Waals surface area contributed by atoms with Crippen LogP contribution in [0.15, 0.2) is 47.2 Å². The molecule has 3 aromatic rings. The van der Waals surface area contributed by atoms with Crippen LogP contribution in [0.25, 0.3) is 5.65 Å². The molecule has 1 saturated heterocycles. The van der Waals surface area contributed by atoms with Crippen molar-refractivity contribution < 1.29 is 18.7 Å². The topological polar surface area (TPSA) is 84.7 Å². The fraction of sp³-hybridized carbons (Fsp3) is 0.318. The molecule has 1 atom stereocenters. The molecule has 4 rings (SSSR count). The average Bonchev–Trinajstić information content (AvgIpc) is 3.29. The molecule has 1 aliphatic rings. The highest BCUT2D eigenvalue weighted by Gasteiger charge is 2.31. The molecule has 2 amide bonds. The lowest BCUT2D eigenvalue weighted by atomic mass is 10.1. The molecule has 0 bridgehead atoms. The number of imidazole rings is 1. The van der Waals surface area contributed by atoms with Crippen molar-refractivity contribution in [2.24, 2.45) is 0 Å². The summed E-state index contributed by atoms with van der Waals surface area (Å²) in [6.45, 7) is 4.41. The summed E-state index contributed by atoms with van der Waals surface area (Å²) >= 11 is 3.35. The SMILES string of the molecule is CC1(C)CCC(CNC(=O)c2ccc(F)c(NC(=O)c3cnc4cc(Br)ccn34)c2)O1. The van der Waals surface area contributed by atoms with Crippen LogP contribution in [0.3, 0.4) is 0 Å². The standard InChI is InChI=1S/C22H22BrFN4O3/c1-22(2)7-5-15(31-22)11-26-20(29)13-3-4-16(24)17(9-13)27-21(30)18-12-25-19-10-14(23)6-8-28(18)19/h3-4,6,8-10,12,15H,5,7,11H2,1-2H3,(H,26,29)(H,27,30). The van der Waals surface area contributed by atoms with Gasteiger partial charge in [-0.3, -0.25) is 14.0 Å². The number of rotatable bonds is 5. The van der Waals surface area contributed by atoms with Gasteiger partial charge in [-0.15, -0.1) is 0 Å². The number of fused-ring (bicyclic) bond motifs is 1. The second-order valence-electron chi connectivity index (χ2n) is 8.11. The highest BCUT2D eigenvalue weighted by Crippen LogP contribution is 2.29. The third-order valence-corrected chi connectivity index (χ3v) is 5.72. The van der Waals surface area contributed by atoms with Crippen molar-refractivity contribution in [1.29, 1.82) is 0 Å². The Labute approximate surface area is 187 Å². The van der Waals surface area contributed by atoms with Crippen LogP contribution in [-0.2, 0) is 4.74 Å². The monoisotopic (exact) mass is 488 g/mol. The van der Waals surface area contributed by atoms with E-state index >= 15 is 0 Å². The zero-order chi connectivity index (χ0) is 22.2. The number of halogens is 2. The van der Waals surface area contributed by atoms with Crippen LogP contribution in [0.2, 0.25) is 0 Å². The van der Waals surface area contributed by atoms with Crippen LogP contribution in [0.5, 0.6) is 0 Å². The highest BCUT2D eigenvalue weighted by atomic mass is 79.9. The molecule has 0 saturated carbocycles. The van der Waals surface area contributed by atoms with Crippen molar-refractivity contribution in [3.05, 3.63) is 64.3 Å². The van der Waals surface area contributed by atoms with E-state index in [0.717, 1.165) is 23.4 Å². The number of carbonyl (C=O) groups excluding carboxylic acids is 2. The molecule has 0 aliphatic carbocycles. The van der Waals surface area contributed by atoms with Crippen molar-refractivity contribution in [3.8, 4) is 0 Å². The lowest BCUT2D eigenvalue weighted by Crippen LogP contribution is -2.33. The number of pyridine rings is 1. The molecular formula is C22H22BrFN4O3. The summed E-state index contributed by atoms with van der Waals surface area (Å²) in [5.41, 5.74) is 0.804. The first kappa shape index (κ1) is 21.5.